The molecule has 0 radical (unpaired) electrons. The first-order chi connectivity index (χ1) is 12.4. The lowest BCUT2D eigenvalue weighted by Gasteiger charge is -2.22. The van der Waals surface area contributed by atoms with Gasteiger partial charge in [-0.2, -0.15) is 0 Å². The van der Waals surface area contributed by atoms with E-state index in [1.807, 2.05) is 0 Å². The lowest BCUT2D eigenvalue weighted by molar-refractivity contribution is -0.130. The van der Waals surface area contributed by atoms with Crippen molar-refractivity contribution >= 4 is 35.0 Å². The Bertz CT molecular complexity index is 827. The largest absolute Gasteiger partial charge is 0.343 e. The normalized spacial score (nSPS) is 10.3. The predicted molar refractivity (Wildman–Crippen MR) is 101 cm³/mol. The zero-order valence-corrected chi connectivity index (χ0v) is 15.4. The van der Waals surface area contributed by atoms with Crippen LogP contribution >= 0.6 is 23.2 Å². The van der Waals surface area contributed by atoms with E-state index in [4.69, 9.17) is 23.2 Å². The average Bonchev–Trinajstić information content (AvgIpc) is 2.60. The second-order valence-corrected chi connectivity index (χ2v) is 6.30. The van der Waals surface area contributed by atoms with Crippen molar-refractivity contribution in [3.63, 3.8) is 0 Å². The van der Waals surface area contributed by atoms with Gasteiger partial charge in [0, 0.05) is 23.7 Å². The van der Waals surface area contributed by atoms with E-state index in [0.29, 0.717) is 10.6 Å². The molecule has 0 aliphatic rings. The number of hydrogen-bond acceptors (Lipinski definition) is 2. The molecular weight excluding hydrogens is 378 g/mol. The van der Waals surface area contributed by atoms with Crippen molar-refractivity contribution in [2.45, 2.75) is 6.54 Å². The summed E-state index contributed by atoms with van der Waals surface area (Å²) in [6.07, 6.45) is 1.54. The Labute approximate surface area is 161 Å². The lowest BCUT2D eigenvalue weighted by Crippen LogP contribution is -2.40. The molecule has 7 heteroatoms. The summed E-state index contributed by atoms with van der Waals surface area (Å²) < 4.78 is 13.8. The van der Waals surface area contributed by atoms with Crippen LogP contribution in [-0.2, 0) is 11.3 Å². The molecule has 0 aliphatic carbocycles. The number of amides is 2. The molecule has 0 bridgehead atoms. The van der Waals surface area contributed by atoms with Gasteiger partial charge in [-0.05, 0) is 24.3 Å². The molecule has 0 spiro atoms. The van der Waals surface area contributed by atoms with Crippen LogP contribution in [0.2, 0.25) is 10.0 Å². The maximum atomic E-state index is 13.8. The second kappa shape index (κ2) is 9.36. The summed E-state index contributed by atoms with van der Waals surface area (Å²) in [5, 5.41) is 3.11. The number of nitrogens with one attached hydrogen (secondary N) is 1. The quantitative estimate of drug-likeness (QED) is 0.719. The van der Waals surface area contributed by atoms with E-state index in [9.17, 15) is 14.0 Å². The standard InChI is InChI=1S/C19H17Cl2FN2O2/c1-2-9-24(12-13-5-3-4-6-17(13)22)18(25)11-23-19(26)15-8-7-14(20)10-16(15)21/h2-8,10H,1,9,11-12H2,(H,23,26). The molecule has 136 valence electrons. The molecule has 1 N–H and O–H groups in total. The zero-order chi connectivity index (χ0) is 19.1. The number of halogens is 3. The van der Waals surface area contributed by atoms with Gasteiger partial charge < -0.3 is 10.2 Å². The smallest absolute Gasteiger partial charge is 0.253 e. The Morgan fingerprint density at radius 3 is 2.58 bits per heavy atom. The van der Waals surface area contributed by atoms with Crippen LogP contribution in [0, 0.1) is 5.82 Å². The van der Waals surface area contributed by atoms with E-state index >= 15 is 0 Å². The van der Waals surface area contributed by atoms with Crippen LogP contribution < -0.4 is 5.32 Å². The van der Waals surface area contributed by atoms with Crippen molar-refractivity contribution in [3.8, 4) is 0 Å². The number of carbonyl (C=O) groups excluding carboxylic acids is 2. The van der Waals surface area contributed by atoms with E-state index in [0.717, 1.165) is 0 Å². The van der Waals surface area contributed by atoms with Crippen molar-refractivity contribution in [2.75, 3.05) is 13.1 Å². The first kappa shape index (κ1) is 19.9. The van der Waals surface area contributed by atoms with Crippen LogP contribution in [0.3, 0.4) is 0 Å². The Morgan fingerprint density at radius 2 is 1.92 bits per heavy atom. The fourth-order valence-corrected chi connectivity index (χ4v) is 2.77. The van der Waals surface area contributed by atoms with E-state index in [-0.39, 0.29) is 36.1 Å². The summed E-state index contributed by atoms with van der Waals surface area (Å²) in [6, 6.07) is 10.7. The second-order valence-electron chi connectivity index (χ2n) is 5.46. The third kappa shape index (κ3) is 5.31. The number of hydrogen-bond donors (Lipinski definition) is 1. The molecule has 26 heavy (non-hydrogen) atoms. The fourth-order valence-electron chi connectivity index (χ4n) is 2.28. The first-order valence-electron chi connectivity index (χ1n) is 7.77. The van der Waals surface area contributed by atoms with Gasteiger partial charge in [-0.25, -0.2) is 4.39 Å². The Morgan fingerprint density at radius 1 is 1.19 bits per heavy atom. The lowest BCUT2D eigenvalue weighted by atomic mass is 10.2. The van der Waals surface area contributed by atoms with E-state index < -0.39 is 11.7 Å². The predicted octanol–water partition coefficient (Wildman–Crippen LogP) is 4.08. The summed E-state index contributed by atoms with van der Waals surface area (Å²) in [7, 11) is 0. The minimum Gasteiger partial charge on any atom is -0.343 e. The highest BCUT2D eigenvalue weighted by atomic mass is 35.5. The van der Waals surface area contributed by atoms with E-state index in [1.54, 1.807) is 18.2 Å². The monoisotopic (exact) mass is 394 g/mol. The highest BCUT2D eigenvalue weighted by molar-refractivity contribution is 6.36. The zero-order valence-electron chi connectivity index (χ0n) is 13.8. The molecular formula is C19H17Cl2FN2O2. The number of rotatable bonds is 7. The maximum Gasteiger partial charge on any atom is 0.253 e. The van der Waals surface area contributed by atoms with E-state index in [2.05, 4.69) is 11.9 Å². The number of nitrogens with zero attached hydrogens (tertiary/aromatic N) is 1. The minimum absolute atomic E-state index is 0.0785. The van der Waals surface area contributed by atoms with Crippen molar-refractivity contribution < 1.29 is 14.0 Å². The molecule has 0 unspecified atom stereocenters. The molecule has 0 atom stereocenters. The van der Waals surface area contributed by atoms with Gasteiger partial charge in [0.15, 0.2) is 0 Å². The van der Waals surface area contributed by atoms with Gasteiger partial charge >= 0.3 is 0 Å². The molecule has 0 saturated carbocycles. The number of carbonyl (C=O) groups is 2. The molecule has 0 saturated heterocycles. The summed E-state index contributed by atoms with van der Waals surface area (Å²) in [5.41, 5.74) is 0.600. The van der Waals surface area contributed by atoms with Crippen LogP contribution in [-0.4, -0.2) is 29.8 Å². The molecule has 2 rings (SSSR count). The summed E-state index contributed by atoms with van der Waals surface area (Å²) in [5.74, 6) is -1.26. The van der Waals surface area contributed by atoms with Crippen LogP contribution in [0.15, 0.2) is 55.1 Å². The van der Waals surface area contributed by atoms with Crippen molar-refractivity contribution in [1.82, 2.24) is 10.2 Å². The Balaban J connectivity index is 2.02. The average molecular weight is 395 g/mol. The molecule has 2 aromatic carbocycles. The van der Waals surface area contributed by atoms with Gasteiger partial charge in [0.1, 0.15) is 5.82 Å². The maximum absolute atomic E-state index is 13.8. The van der Waals surface area contributed by atoms with Gasteiger partial charge in [-0.3, -0.25) is 9.59 Å². The molecule has 0 aliphatic heterocycles. The molecule has 2 aromatic rings. The number of benzene rings is 2. The summed E-state index contributed by atoms with van der Waals surface area (Å²) in [6.45, 7) is 3.66. The van der Waals surface area contributed by atoms with Crippen molar-refractivity contribution in [3.05, 3.63) is 82.1 Å². The van der Waals surface area contributed by atoms with Gasteiger partial charge in [-0.1, -0.05) is 47.5 Å². The molecule has 0 heterocycles. The van der Waals surface area contributed by atoms with Gasteiger partial charge in [0.25, 0.3) is 5.91 Å². The Kier molecular flexibility index (Phi) is 7.18. The van der Waals surface area contributed by atoms with Gasteiger partial charge in [0.05, 0.1) is 17.1 Å². The van der Waals surface area contributed by atoms with Gasteiger partial charge in [0.2, 0.25) is 5.91 Å². The summed E-state index contributed by atoms with van der Waals surface area (Å²) in [4.78, 5) is 26.0. The van der Waals surface area contributed by atoms with Crippen LogP contribution in [0.25, 0.3) is 0 Å². The highest BCUT2D eigenvalue weighted by Gasteiger charge is 2.17. The van der Waals surface area contributed by atoms with Gasteiger partial charge in [-0.15, -0.1) is 6.58 Å². The molecule has 0 fully saturated rings. The van der Waals surface area contributed by atoms with Crippen LogP contribution in [0.5, 0.6) is 0 Å². The fraction of sp³-hybridized carbons (Fsp3) is 0.158. The molecule has 2 amide bonds. The third-order valence-electron chi connectivity index (χ3n) is 3.60. The minimum atomic E-state index is -0.496. The molecule has 4 nitrogen and oxygen atoms in total. The summed E-state index contributed by atoms with van der Waals surface area (Å²) >= 11 is 11.8. The van der Waals surface area contributed by atoms with Crippen molar-refractivity contribution in [1.29, 1.82) is 0 Å². The van der Waals surface area contributed by atoms with E-state index in [1.165, 1.54) is 35.2 Å². The third-order valence-corrected chi connectivity index (χ3v) is 4.14. The van der Waals surface area contributed by atoms with Crippen LogP contribution in [0.1, 0.15) is 15.9 Å². The SMILES string of the molecule is C=CCN(Cc1ccccc1F)C(=O)CNC(=O)c1ccc(Cl)cc1Cl. The molecule has 0 aromatic heterocycles. The highest BCUT2D eigenvalue weighted by Crippen LogP contribution is 2.20. The van der Waals surface area contributed by atoms with Crippen LogP contribution in [0.4, 0.5) is 4.39 Å². The first-order valence-corrected chi connectivity index (χ1v) is 8.53. The topological polar surface area (TPSA) is 49.4 Å². The van der Waals surface area contributed by atoms with Crippen molar-refractivity contribution in [2.24, 2.45) is 0 Å². The Hall–Kier alpha value is -2.37.